The lowest BCUT2D eigenvalue weighted by atomic mass is 9.98. The van der Waals surface area contributed by atoms with Crippen LogP contribution >= 0.6 is 0 Å². The predicted molar refractivity (Wildman–Crippen MR) is 44.2 cm³/mol. The minimum Gasteiger partial charge on any atom is -0.464 e. The third kappa shape index (κ3) is 3.07. The number of esters is 1. The van der Waals surface area contributed by atoms with Gasteiger partial charge in [0.1, 0.15) is 0 Å². The summed E-state index contributed by atoms with van der Waals surface area (Å²) in [6, 6.07) is 0. The van der Waals surface area contributed by atoms with E-state index in [1.165, 1.54) is 0 Å². The summed E-state index contributed by atoms with van der Waals surface area (Å²) in [6.45, 7) is 0.335. The van der Waals surface area contributed by atoms with Crippen LogP contribution in [0.25, 0.3) is 0 Å². The van der Waals surface area contributed by atoms with Gasteiger partial charge in [-0.05, 0) is 6.92 Å². The van der Waals surface area contributed by atoms with Crippen LogP contribution in [0.5, 0.6) is 0 Å². The van der Waals surface area contributed by atoms with Gasteiger partial charge in [0, 0.05) is 0 Å². The molecule has 0 aliphatic carbocycles. The van der Waals surface area contributed by atoms with Crippen molar-refractivity contribution in [2.75, 3.05) is 26.4 Å². The molecule has 1 N–H and O–H groups in total. The largest absolute Gasteiger partial charge is 0.464 e. The van der Waals surface area contributed by atoms with Crippen LogP contribution in [-0.2, 0) is 14.3 Å². The van der Waals surface area contributed by atoms with Crippen molar-refractivity contribution in [1.29, 1.82) is 0 Å². The van der Waals surface area contributed by atoms with E-state index in [1.54, 1.807) is 6.92 Å². The van der Waals surface area contributed by atoms with Gasteiger partial charge in [-0.1, -0.05) is 0 Å². The Balaban J connectivity index is 2.50. The highest BCUT2D eigenvalue weighted by Gasteiger charge is 2.49. The van der Waals surface area contributed by atoms with Crippen molar-refractivity contribution in [3.8, 4) is 0 Å². The van der Waals surface area contributed by atoms with Crippen molar-refractivity contribution in [2.45, 2.75) is 18.6 Å². The van der Waals surface area contributed by atoms with Gasteiger partial charge in [-0.15, -0.1) is 0 Å². The number of carbonyl (C=O) groups excluding carboxylic acids is 1. The Morgan fingerprint density at radius 3 is 2.47 bits per heavy atom. The second-order valence-electron chi connectivity index (χ2n) is 3.26. The SMILES string of the molecule is CCOC(=O)C1(NCC(F)(F)F)COC1. The molecule has 88 valence electrons. The maximum Gasteiger partial charge on any atom is 0.401 e. The zero-order valence-electron chi connectivity index (χ0n) is 8.19. The number of halogens is 3. The molecule has 0 bridgehead atoms. The molecule has 0 unspecified atom stereocenters. The van der Waals surface area contributed by atoms with E-state index in [0.717, 1.165) is 0 Å². The molecule has 1 heterocycles. The lowest BCUT2D eigenvalue weighted by molar-refractivity contribution is -0.179. The topological polar surface area (TPSA) is 47.6 Å². The summed E-state index contributed by atoms with van der Waals surface area (Å²) in [6.07, 6.45) is -4.35. The summed E-state index contributed by atoms with van der Waals surface area (Å²) in [7, 11) is 0. The maximum absolute atomic E-state index is 11.9. The van der Waals surface area contributed by atoms with E-state index in [9.17, 15) is 18.0 Å². The number of ether oxygens (including phenoxy) is 2. The van der Waals surface area contributed by atoms with Crippen LogP contribution in [0.4, 0.5) is 13.2 Å². The zero-order valence-corrected chi connectivity index (χ0v) is 8.19. The van der Waals surface area contributed by atoms with E-state index in [0.29, 0.717) is 0 Å². The van der Waals surface area contributed by atoms with E-state index in [-0.39, 0.29) is 19.8 Å². The molecule has 0 aromatic carbocycles. The van der Waals surface area contributed by atoms with Crippen LogP contribution in [0.2, 0.25) is 0 Å². The highest BCUT2D eigenvalue weighted by Crippen LogP contribution is 2.21. The smallest absolute Gasteiger partial charge is 0.401 e. The van der Waals surface area contributed by atoms with Crippen LogP contribution in [0.1, 0.15) is 6.92 Å². The first-order valence-corrected chi connectivity index (χ1v) is 4.46. The van der Waals surface area contributed by atoms with Crippen LogP contribution in [0.3, 0.4) is 0 Å². The molecule has 4 nitrogen and oxygen atoms in total. The Labute approximate surface area is 84.7 Å². The van der Waals surface area contributed by atoms with Crippen molar-refractivity contribution in [1.82, 2.24) is 5.32 Å². The molecule has 1 rings (SSSR count). The number of alkyl halides is 3. The Hall–Kier alpha value is -0.820. The van der Waals surface area contributed by atoms with E-state index in [4.69, 9.17) is 4.74 Å². The lowest BCUT2D eigenvalue weighted by Gasteiger charge is -2.39. The average Bonchev–Trinajstić information content (AvgIpc) is 2.00. The molecular weight excluding hydrogens is 215 g/mol. The van der Waals surface area contributed by atoms with E-state index in [2.05, 4.69) is 10.1 Å². The molecule has 1 aliphatic heterocycles. The van der Waals surface area contributed by atoms with Crippen LogP contribution < -0.4 is 5.32 Å². The Kier molecular flexibility index (Phi) is 3.56. The van der Waals surface area contributed by atoms with Crippen molar-refractivity contribution in [3.63, 3.8) is 0 Å². The quantitative estimate of drug-likeness (QED) is 0.709. The summed E-state index contributed by atoms with van der Waals surface area (Å²) in [4.78, 5) is 11.3. The van der Waals surface area contributed by atoms with Gasteiger partial charge in [-0.2, -0.15) is 13.2 Å². The van der Waals surface area contributed by atoms with Crippen molar-refractivity contribution >= 4 is 5.97 Å². The third-order valence-corrected chi connectivity index (χ3v) is 1.99. The monoisotopic (exact) mass is 227 g/mol. The van der Waals surface area contributed by atoms with Crippen LogP contribution in [0.15, 0.2) is 0 Å². The zero-order chi connectivity index (χ0) is 11.5. The molecule has 1 saturated heterocycles. The molecule has 15 heavy (non-hydrogen) atoms. The lowest BCUT2D eigenvalue weighted by Crippen LogP contribution is -2.67. The summed E-state index contributed by atoms with van der Waals surface area (Å²) in [5.74, 6) is -0.694. The highest BCUT2D eigenvalue weighted by molar-refractivity contribution is 5.82. The molecule has 1 aliphatic rings. The van der Waals surface area contributed by atoms with Gasteiger partial charge in [0.05, 0.1) is 26.4 Å². The number of hydrogen-bond donors (Lipinski definition) is 1. The van der Waals surface area contributed by atoms with E-state index in [1.807, 2.05) is 0 Å². The fraction of sp³-hybridized carbons (Fsp3) is 0.875. The first-order valence-electron chi connectivity index (χ1n) is 4.46. The first-order chi connectivity index (χ1) is 6.90. The molecule has 7 heteroatoms. The summed E-state index contributed by atoms with van der Waals surface area (Å²) >= 11 is 0. The molecular formula is C8H12F3NO3. The average molecular weight is 227 g/mol. The second-order valence-corrected chi connectivity index (χ2v) is 3.26. The van der Waals surface area contributed by atoms with Gasteiger partial charge in [-0.25, -0.2) is 4.79 Å². The second kappa shape index (κ2) is 4.36. The summed E-state index contributed by atoms with van der Waals surface area (Å²) in [5, 5.41) is 2.13. The number of hydrogen-bond acceptors (Lipinski definition) is 4. The highest BCUT2D eigenvalue weighted by atomic mass is 19.4. The number of rotatable bonds is 4. The molecule has 0 radical (unpaired) electrons. The van der Waals surface area contributed by atoms with Gasteiger partial charge in [-0.3, -0.25) is 5.32 Å². The third-order valence-electron chi connectivity index (χ3n) is 1.99. The van der Waals surface area contributed by atoms with Crippen LogP contribution in [-0.4, -0.2) is 44.0 Å². The molecule has 0 aromatic heterocycles. The maximum atomic E-state index is 11.9. The van der Waals surface area contributed by atoms with Gasteiger partial charge in [0.25, 0.3) is 0 Å². The Morgan fingerprint density at radius 2 is 2.13 bits per heavy atom. The first kappa shape index (κ1) is 12.3. The minimum atomic E-state index is -4.35. The van der Waals surface area contributed by atoms with E-state index >= 15 is 0 Å². The molecule has 0 amide bonds. The van der Waals surface area contributed by atoms with Crippen molar-refractivity contribution in [2.24, 2.45) is 0 Å². The Bertz CT molecular complexity index is 238. The number of carbonyl (C=O) groups is 1. The van der Waals surface area contributed by atoms with Crippen molar-refractivity contribution in [3.05, 3.63) is 0 Å². The Morgan fingerprint density at radius 1 is 1.53 bits per heavy atom. The normalized spacial score (nSPS) is 19.5. The molecule has 1 fully saturated rings. The standard InChI is InChI=1S/C8H12F3NO3/c1-2-15-6(13)7(4-14-5-7)12-3-8(9,10)11/h12H,2-5H2,1H3. The van der Waals surface area contributed by atoms with Gasteiger partial charge in [0.15, 0.2) is 5.54 Å². The van der Waals surface area contributed by atoms with Crippen molar-refractivity contribution < 1.29 is 27.4 Å². The predicted octanol–water partition coefficient (Wildman–Crippen LogP) is 0.470. The van der Waals surface area contributed by atoms with Gasteiger partial charge < -0.3 is 9.47 Å². The van der Waals surface area contributed by atoms with Gasteiger partial charge in [0.2, 0.25) is 0 Å². The number of nitrogens with one attached hydrogen (secondary N) is 1. The fourth-order valence-corrected chi connectivity index (χ4v) is 1.14. The van der Waals surface area contributed by atoms with Gasteiger partial charge >= 0.3 is 12.1 Å². The summed E-state index contributed by atoms with van der Waals surface area (Å²) < 4.78 is 45.2. The minimum absolute atomic E-state index is 0.0814. The van der Waals surface area contributed by atoms with Crippen LogP contribution in [0, 0.1) is 0 Å². The molecule has 0 aromatic rings. The molecule has 0 saturated carbocycles. The van der Waals surface area contributed by atoms with E-state index < -0.39 is 24.2 Å². The summed E-state index contributed by atoms with van der Waals surface area (Å²) in [5.41, 5.74) is -1.31. The molecule has 0 spiro atoms. The molecule has 0 atom stereocenters. The fourth-order valence-electron chi connectivity index (χ4n) is 1.14.